The molecule has 238 valence electrons. The molecular weight excluding hydrogens is 637 g/mol. The van der Waals surface area contributed by atoms with Crippen LogP contribution in [0.2, 0.25) is 31.4 Å². The Bertz CT molecular complexity index is 1090. The van der Waals surface area contributed by atoms with E-state index in [4.69, 9.17) is 9.72 Å². The summed E-state index contributed by atoms with van der Waals surface area (Å²) in [6.45, 7) is 24.0. The number of hydrogen-bond donors (Lipinski definition) is 0. The van der Waals surface area contributed by atoms with Crippen LogP contribution in [0.25, 0.3) is 11.0 Å². The average molecular weight is 703 g/mol. The molecule has 1 aliphatic heterocycles. The molecule has 6 heteroatoms. The van der Waals surface area contributed by atoms with Gasteiger partial charge in [-0.2, -0.15) is 0 Å². The first-order valence-corrected chi connectivity index (χ1v) is 28.3. The van der Waals surface area contributed by atoms with Crippen molar-refractivity contribution in [2.75, 3.05) is 26.3 Å². The second kappa shape index (κ2) is 15.3. The second-order valence-electron chi connectivity index (χ2n) is 15.5. The summed E-state index contributed by atoms with van der Waals surface area (Å²) in [5.74, 6) is 0.664. The number of aromatic nitrogens is 2. The average Bonchev–Trinajstić information content (AvgIpc) is 3.16. The van der Waals surface area contributed by atoms with Crippen LogP contribution in [0.1, 0.15) is 124 Å². The summed E-state index contributed by atoms with van der Waals surface area (Å²) in [6, 6.07) is 3.44. The van der Waals surface area contributed by atoms with Crippen LogP contribution in [0.4, 0.5) is 0 Å². The monoisotopic (exact) mass is 703 g/mol. The molecule has 0 amide bonds. The number of fused-ring (bicyclic) bond motifs is 1. The summed E-state index contributed by atoms with van der Waals surface area (Å²) >= 11 is -2.68. The van der Waals surface area contributed by atoms with Gasteiger partial charge < -0.3 is 0 Å². The molecule has 42 heavy (non-hydrogen) atoms. The molecule has 0 aromatic carbocycles. The fourth-order valence-corrected chi connectivity index (χ4v) is 26.6. The van der Waals surface area contributed by atoms with Gasteiger partial charge in [0.15, 0.2) is 0 Å². The van der Waals surface area contributed by atoms with E-state index in [2.05, 4.69) is 82.2 Å². The zero-order valence-electron chi connectivity index (χ0n) is 28.9. The Morgan fingerprint density at radius 1 is 0.905 bits per heavy atom. The molecule has 0 radical (unpaired) electrons. The van der Waals surface area contributed by atoms with Crippen LogP contribution in [0.15, 0.2) is 18.5 Å². The Morgan fingerprint density at radius 3 is 2.10 bits per heavy atom. The van der Waals surface area contributed by atoms with Crippen molar-refractivity contribution < 1.29 is 4.74 Å². The van der Waals surface area contributed by atoms with Gasteiger partial charge in [0.1, 0.15) is 0 Å². The van der Waals surface area contributed by atoms with Crippen molar-refractivity contribution in [3.63, 3.8) is 0 Å². The fourth-order valence-electron chi connectivity index (χ4n) is 7.79. The predicted octanol–water partition coefficient (Wildman–Crippen LogP) is 9.69. The standard InChI is InChI=1S/C24H38N3OSi.3C4H9.Sn/c1-24(2,3)29(4,5)27-13-11-20-17-21(18-25-23(20)27)19-7-9-22(10-8-19)26-12-6-15-28-16-14-26;3*1-3-4-2;/h13,17-19,22H,6-10,12,14-16H2,1-5H3;3*1,3-4H2,2H3;. The fraction of sp³-hybridized carbons (Fsp3) is 0.806. The normalized spacial score (nSPS) is 21.6. The van der Waals surface area contributed by atoms with Crippen LogP contribution in [-0.2, 0) is 4.74 Å². The van der Waals surface area contributed by atoms with Crippen molar-refractivity contribution in [2.24, 2.45) is 0 Å². The van der Waals surface area contributed by atoms with Gasteiger partial charge in [0.2, 0.25) is 0 Å². The SMILES string of the molecule is CCC[CH2][Sn]([CH2]CCC)([CH2]CCC)[c]1cn([Si](C)(C)C(C)(C)C)c2ncc(C3CCC(N4CCCOCC4)CC3)cc12. The quantitative estimate of drug-likeness (QED) is 0.195. The number of ether oxygens (including phenoxy) is 1. The van der Waals surface area contributed by atoms with Crippen molar-refractivity contribution >= 4 is 41.2 Å². The van der Waals surface area contributed by atoms with Crippen LogP contribution in [0, 0.1) is 0 Å². The van der Waals surface area contributed by atoms with E-state index in [1.165, 1.54) is 102 Å². The van der Waals surface area contributed by atoms with Gasteiger partial charge in [0.05, 0.1) is 0 Å². The molecule has 4 nitrogen and oxygen atoms in total. The van der Waals surface area contributed by atoms with Gasteiger partial charge in [0.25, 0.3) is 0 Å². The van der Waals surface area contributed by atoms with E-state index in [0.717, 1.165) is 25.8 Å². The van der Waals surface area contributed by atoms with Gasteiger partial charge in [0, 0.05) is 0 Å². The molecule has 2 aromatic rings. The van der Waals surface area contributed by atoms with Crippen LogP contribution in [0.3, 0.4) is 0 Å². The summed E-state index contributed by atoms with van der Waals surface area (Å²) in [4.78, 5) is 8.17. The molecule has 1 aliphatic carbocycles. The van der Waals surface area contributed by atoms with Crippen molar-refractivity contribution in [3.8, 4) is 0 Å². The molecule has 2 fully saturated rings. The van der Waals surface area contributed by atoms with E-state index >= 15 is 0 Å². The first-order valence-electron chi connectivity index (χ1n) is 17.9. The maximum absolute atomic E-state index is 5.76. The molecule has 3 heterocycles. The Kier molecular flexibility index (Phi) is 12.5. The molecule has 0 spiro atoms. The molecule has 1 saturated carbocycles. The first-order chi connectivity index (χ1) is 20.1. The Morgan fingerprint density at radius 2 is 1.52 bits per heavy atom. The van der Waals surface area contributed by atoms with E-state index < -0.39 is 26.6 Å². The van der Waals surface area contributed by atoms with Gasteiger partial charge in [-0.1, -0.05) is 0 Å². The van der Waals surface area contributed by atoms with Crippen molar-refractivity contribution in [3.05, 3.63) is 24.0 Å². The molecule has 0 N–H and O–H groups in total. The van der Waals surface area contributed by atoms with E-state index in [9.17, 15) is 0 Å². The number of rotatable bonds is 13. The Labute approximate surface area is 264 Å². The molecule has 0 unspecified atom stereocenters. The van der Waals surface area contributed by atoms with Crippen LogP contribution >= 0.6 is 0 Å². The van der Waals surface area contributed by atoms with Gasteiger partial charge >= 0.3 is 266 Å². The Balaban J connectivity index is 1.76. The molecule has 2 aromatic heterocycles. The molecule has 4 rings (SSSR count). The van der Waals surface area contributed by atoms with Crippen molar-refractivity contribution in [1.29, 1.82) is 0 Å². The van der Waals surface area contributed by atoms with Crippen LogP contribution in [-0.4, -0.2) is 73.1 Å². The van der Waals surface area contributed by atoms with Gasteiger partial charge in [-0.15, -0.1) is 0 Å². The third-order valence-electron chi connectivity index (χ3n) is 11.6. The van der Waals surface area contributed by atoms with Crippen molar-refractivity contribution in [1.82, 2.24) is 14.1 Å². The van der Waals surface area contributed by atoms with E-state index in [0.29, 0.717) is 5.92 Å². The molecule has 2 aliphatic rings. The Hall–Kier alpha value is -0.374. The van der Waals surface area contributed by atoms with Crippen LogP contribution in [0.5, 0.6) is 0 Å². The van der Waals surface area contributed by atoms with Gasteiger partial charge in [-0.25, -0.2) is 0 Å². The number of unbranched alkanes of at least 4 members (excludes halogenated alkanes) is 3. The molecular formula is C36H65N3OSiSn. The zero-order valence-corrected chi connectivity index (χ0v) is 32.7. The van der Waals surface area contributed by atoms with E-state index in [1.807, 2.05) is 3.58 Å². The topological polar surface area (TPSA) is 30.3 Å². The van der Waals surface area contributed by atoms with Gasteiger partial charge in [-0.3, -0.25) is 0 Å². The first kappa shape index (κ1) is 34.5. The van der Waals surface area contributed by atoms with E-state index in [-0.39, 0.29) is 5.04 Å². The van der Waals surface area contributed by atoms with E-state index in [1.54, 1.807) is 5.39 Å². The zero-order chi connectivity index (χ0) is 30.4. The third-order valence-corrected chi connectivity index (χ3v) is 32.5. The molecule has 0 atom stereocenters. The molecule has 0 bridgehead atoms. The van der Waals surface area contributed by atoms with Crippen molar-refractivity contribution in [2.45, 2.75) is 156 Å². The predicted molar refractivity (Wildman–Crippen MR) is 189 cm³/mol. The summed E-state index contributed by atoms with van der Waals surface area (Å²) in [5.41, 5.74) is 2.86. The number of nitrogens with zero attached hydrogens (tertiary/aromatic N) is 3. The summed E-state index contributed by atoms with van der Waals surface area (Å²) < 4.78 is 15.0. The van der Waals surface area contributed by atoms with Gasteiger partial charge in [-0.05, 0) is 0 Å². The summed E-state index contributed by atoms with van der Waals surface area (Å²) in [5, 5.41) is 1.87. The second-order valence-corrected chi connectivity index (χ2v) is 33.7. The summed E-state index contributed by atoms with van der Waals surface area (Å²) in [6.07, 6.45) is 19.7. The van der Waals surface area contributed by atoms with Crippen LogP contribution < -0.4 is 3.58 Å². The molecule has 1 saturated heterocycles. The number of pyridine rings is 1. The third kappa shape index (κ3) is 7.70. The minimum atomic E-state index is -2.68. The summed E-state index contributed by atoms with van der Waals surface area (Å²) in [7, 11) is -1.81. The number of hydrogen-bond acceptors (Lipinski definition) is 3. The maximum atomic E-state index is 5.76. The minimum absolute atomic E-state index is 0.280.